The predicted octanol–water partition coefficient (Wildman–Crippen LogP) is 2.84. The summed E-state index contributed by atoms with van der Waals surface area (Å²) >= 11 is 0. The molecule has 2 heterocycles. The van der Waals surface area contributed by atoms with Gasteiger partial charge in [0.2, 0.25) is 6.79 Å². The van der Waals surface area contributed by atoms with E-state index < -0.39 is 4.92 Å². The van der Waals surface area contributed by atoms with Crippen molar-refractivity contribution in [3.05, 3.63) is 46.1 Å². The van der Waals surface area contributed by atoms with Crippen molar-refractivity contribution in [2.75, 3.05) is 13.3 Å². The summed E-state index contributed by atoms with van der Waals surface area (Å²) in [4.78, 5) is 10.4. The standard InChI is InChI=1S/C18H22N4O4/c23-22(24)18-8-10-21(20-18)15-4-2-1-3-14(15)19-9-7-13-5-6-16-17(11-13)26-12-25-16/h5-6,8,10-11,14-15,19H,1-4,7,9,12H2. The van der Waals surface area contributed by atoms with Gasteiger partial charge in [-0.05, 0) is 48.4 Å². The van der Waals surface area contributed by atoms with E-state index in [4.69, 9.17) is 9.47 Å². The number of fused-ring (bicyclic) bond motifs is 1. The molecule has 1 aliphatic carbocycles. The summed E-state index contributed by atoms with van der Waals surface area (Å²) < 4.78 is 12.5. The zero-order valence-corrected chi connectivity index (χ0v) is 14.5. The van der Waals surface area contributed by atoms with Gasteiger partial charge in [0, 0.05) is 6.04 Å². The highest BCUT2D eigenvalue weighted by atomic mass is 16.7. The molecular formula is C18H22N4O4. The first-order valence-electron chi connectivity index (χ1n) is 9.02. The molecule has 1 saturated carbocycles. The molecule has 0 radical (unpaired) electrons. The van der Waals surface area contributed by atoms with E-state index in [9.17, 15) is 10.1 Å². The third-order valence-electron chi connectivity index (χ3n) is 5.11. The van der Waals surface area contributed by atoms with Gasteiger partial charge in [-0.1, -0.05) is 18.9 Å². The number of nitro groups is 1. The second-order valence-corrected chi connectivity index (χ2v) is 6.76. The molecule has 1 aromatic carbocycles. The van der Waals surface area contributed by atoms with Crippen LogP contribution in [0, 0.1) is 10.1 Å². The van der Waals surface area contributed by atoms with Gasteiger partial charge in [0.25, 0.3) is 0 Å². The number of aromatic nitrogens is 2. The molecule has 1 aromatic heterocycles. The summed E-state index contributed by atoms with van der Waals surface area (Å²) in [5.74, 6) is 1.52. The average Bonchev–Trinajstić information content (AvgIpc) is 3.31. The van der Waals surface area contributed by atoms with Crippen LogP contribution in [0.5, 0.6) is 11.5 Å². The largest absolute Gasteiger partial charge is 0.454 e. The Morgan fingerprint density at radius 2 is 2.08 bits per heavy atom. The Bertz CT molecular complexity index is 791. The lowest BCUT2D eigenvalue weighted by Crippen LogP contribution is -2.41. The fourth-order valence-electron chi connectivity index (χ4n) is 3.77. The van der Waals surface area contributed by atoms with Crippen LogP contribution in [0.15, 0.2) is 30.5 Å². The van der Waals surface area contributed by atoms with E-state index in [0.29, 0.717) is 0 Å². The second-order valence-electron chi connectivity index (χ2n) is 6.76. The molecule has 2 aliphatic rings. The number of hydrogen-bond donors (Lipinski definition) is 1. The lowest BCUT2D eigenvalue weighted by Gasteiger charge is -2.30. The molecule has 8 heteroatoms. The van der Waals surface area contributed by atoms with Gasteiger partial charge < -0.3 is 24.9 Å². The molecule has 2 atom stereocenters. The third kappa shape index (κ3) is 3.50. The Labute approximate surface area is 151 Å². The van der Waals surface area contributed by atoms with Crippen molar-refractivity contribution in [3.63, 3.8) is 0 Å². The molecule has 0 spiro atoms. The van der Waals surface area contributed by atoms with Gasteiger partial charge in [-0.25, -0.2) is 0 Å². The van der Waals surface area contributed by atoms with Crippen molar-refractivity contribution in [1.29, 1.82) is 0 Å². The maximum absolute atomic E-state index is 10.9. The number of hydrogen-bond acceptors (Lipinski definition) is 6. The van der Waals surface area contributed by atoms with Crippen LogP contribution in [0.3, 0.4) is 0 Å². The zero-order chi connectivity index (χ0) is 17.9. The molecular weight excluding hydrogens is 336 g/mol. The molecule has 4 rings (SSSR count). The number of ether oxygens (including phenoxy) is 2. The van der Waals surface area contributed by atoms with Crippen LogP contribution in [0.4, 0.5) is 5.82 Å². The Kier molecular flexibility index (Phi) is 4.75. The summed E-state index contributed by atoms with van der Waals surface area (Å²) in [6, 6.07) is 7.94. The van der Waals surface area contributed by atoms with E-state index in [1.165, 1.54) is 18.1 Å². The van der Waals surface area contributed by atoms with E-state index in [2.05, 4.69) is 16.5 Å². The summed E-state index contributed by atoms with van der Waals surface area (Å²) in [6.45, 7) is 1.13. The Morgan fingerprint density at radius 3 is 2.92 bits per heavy atom. The smallest absolute Gasteiger partial charge is 0.389 e. The zero-order valence-electron chi connectivity index (χ0n) is 14.5. The highest BCUT2D eigenvalue weighted by Crippen LogP contribution is 2.33. The number of rotatable bonds is 6. The molecule has 0 amide bonds. The first kappa shape index (κ1) is 16.8. The van der Waals surface area contributed by atoms with Gasteiger partial charge in [0.05, 0.1) is 23.4 Å². The first-order valence-corrected chi connectivity index (χ1v) is 9.02. The molecule has 0 saturated heterocycles. The number of nitrogens with zero attached hydrogens (tertiary/aromatic N) is 3. The lowest BCUT2D eigenvalue weighted by molar-refractivity contribution is -0.389. The van der Waals surface area contributed by atoms with Crippen LogP contribution < -0.4 is 14.8 Å². The average molecular weight is 358 g/mol. The van der Waals surface area contributed by atoms with Crippen LogP contribution in [0.1, 0.15) is 37.3 Å². The van der Waals surface area contributed by atoms with Crippen LogP contribution in [-0.4, -0.2) is 34.1 Å². The van der Waals surface area contributed by atoms with E-state index >= 15 is 0 Å². The summed E-state index contributed by atoms with van der Waals surface area (Å²) in [5.41, 5.74) is 1.20. The van der Waals surface area contributed by atoms with Crippen LogP contribution in [0.25, 0.3) is 0 Å². The third-order valence-corrected chi connectivity index (χ3v) is 5.11. The van der Waals surface area contributed by atoms with Crippen molar-refractivity contribution >= 4 is 5.82 Å². The van der Waals surface area contributed by atoms with Gasteiger partial charge >= 0.3 is 5.82 Å². The monoisotopic (exact) mass is 358 g/mol. The second kappa shape index (κ2) is 7.33. The Balaban J connectivity index is 1.37. The minimum absolute atomic E-state index is 0.0883. The summed E-state index contributed by atoms with van der Waals surface area (Å²) in [6.07, 6.45) is 6.94. The van der Waals surface area contributed by atoms with Crippen LogP contribution in [-0.2, 0) is 6.42 Å². The molecule has 1 fully saturated rings. The summed E-state index contributed by atoms with van der Waals surface area (Å²) in [7, 11) is 0. The topological polar surface area (TPSA) is 91.5 Å². The van der Waals surface area contributed by atoms with Crippen molar-refractivity contribution in [3.8, 4) is 11.5 Å². The molecule has 1 N–H and O–H groups in total. The summed E-state index contributed by atoms with van der Waals surface area (Å²) in [5, 5.41) is 18.6. The highest BCUT2D eigenvalue weighted by molar-refractivity contribution is 5.44. The van der Waals surface area contributed by atoms with Gasteiger partial charge in [-0.3, -0.25) is 0 Å². The fourth-order valence-corrected chi connectivity index (χ4v) is 3.77. The maximum atomic E-state index is 10.9. The van der Waals surface area contributed by atoms with Crippen molar-refractivity contribution in [1.82, 2.24) is 15.1 Å². The Morgan fingerprint density at radius 1 is 1.23 bits per heavy atom. The van der Waals surface area contributed by atoms with Gasteiger partial charge in [0.15, 0.2) is 11.5 Å². The van der Waals surface area contributed by atoms with E-state index in [-0.39, 0.29) is 24.7 Å². The van der Waals surface area contributed by atoms with Gasteiger partial charge in [-0.15, -0.1) is 0 Å². The molecule has 8 nitrogen and oxygen atoms in total. The van der Waals surface area contributed by atoms with Crippen molar-refractivity contribution < 1.29 is 14.4 Å². The molecule has 138 valence electrons. The van der Waals surface area contributed by atoms with E-state index in [1.807, 2.05) is 12.1 Å². The van der Waals surface area contributed by atoms with Gasteiger partial charge in [-0.2, -0.15) is 4.68 Å². The predicted molar refractivity (Wildman–Crippen MR) is 94.4 cm³/mol. The highest BCUT2D eigenvalue weighted by Gasteiger charge is 2.29. The minimum atomic E-state index is -0.443. The van der Waals surface area contributed by atoms with Gasteiger partial charge in [0.1, 0.15) is 0 Å². The molecule has 2 unspecified atom stereocenters. The minimum Gasteiger partial charge on any atom is -0.454 e. The number of nitrogens with one attached hydrogen (secondary N) is 1. The molecule has 2 aromatic rings. The van der Waals surface area contributed by atoms with Crippen LogP contribution >= 0.6 is 0 Å². The van der Waals surface area contributed by atoms with Crippen molar-refractivity contribution in [2.24, 2.45) is 0 Å². The van der Waals surface area contributed by atoms with E-state index in [1.54, 1.807) is 10.9 Å². The lowest BCUT2D eigenvalue weighted by atomic mass is 9.90. The first-order chi connectivity index (χ1) is 12.7. The maximum Gasteiger partial charge on any atom is 0.389 e. The van der Waals surface area contributed by atoms with E-state index in [0.717, 1.165) is 43.7 Å². The van der Waals surface area contributed by atoms with Crippen molar-refractivity contribution in [2.45, 2.75) is 44.2 Å². The van der Waals surface area contributed by atoms with Crippen LogP contribution in [0.2, 0.25) is 0 Å². The molecule has 1 aliphatic heterocycles. The molecule has 0 bridgehead atoms. The fraction of sp³-hybridized carbons (Fsp3) is 0.500. The Hall–Kier alpha value is -2.61. The number of benzene rings is 1. The SMILES string of the molecule is O=[N+]([O-])c1ccn(C2CCCCC2NCCc2ccc3c(c2)OCO3)n1. The quantitative estimate of drug-likeness (QED) is 0.631. The molecule has 26 heavy (non-hydrogen) atoms. The normalized spacial score (nSPS) is 21.7.